The molecule has 6 aliphatic rings. The number of aliphatic carboxylic acids is 1. The molecule has 8 rings (SSSR count). The number of piperazine rings is 1. The van der Waals surface area contributed by atoms with E-state index in [9.17, 15) is 14.7 Å². The summed E-state index contributed by atoms with van der Waals surface area (Å²) in [6, 6.07) is 7.17. The number of rotatable bonds is 4. The number of carboxylic acids is 1. The second-order valence-corrected chi connectivity index (χ2v) is 13.2. The molecule has 2 saturated heterocycles. The number of likely N-dealkylation sites (tertiary alicyclic amines) is 1. The molecule has 2 bridgehead atoms. The van der Waals surface area contributed by atoms with Crippen molar-refractivity contribution in [1.29, 1.82) is 0 Å². The number of ether oxygens (including phenoxy) is 1. The van der Waals surface area contributed by atoms with Gasteiger partial charge in [-0.2, -0.15) is 0 Å². The third-order valence-electron chi connectivity index (χ3n) is 10.9. The van der Waals surface area contributed by atoms with Crippen molar-refractivity contribution in [2.24, 2.45) is 5.92 Å². The summed E-state index contributed by atoms with van der Waals surface area (Å²) in [4.78, 5) is 31.6. The fraction of sp³-hybridized carbons (Fsp3) is 0.529. The molecule has 0 radical (unpaired) electrons. The molecule has 3 fully saturated rings. The number of nitrogens with zero attached hydrogens (tertiary/aromatic N) is 3. The van der Waals surface area contributed by atoms with E-state index in [4.69, 9.17) is 4.74 Å². The van der Waals surface area contributed by atoms with Crippen molar-refractivity contribution < 1.29 is 19.4 Å². The number of methoxy groups -OCH3 is 1. The number of likely N-dealkylation sites (N-methyl/N-ethyl adjacent to an activating group) is 1. The van der Waals surface area contributed by atoms with Crippen LogP contribution in [-0.4, -0.2) is 70.7 Å². The van der Waals surface area contributed by atoms with Gasteiger partial charge in [-0.25, -0.2) is 4.79 Å². The smallest absolute Gasteiger partial charge is 0.336 e. The standard InChI is InChI=1S/C34H39N3O4/c1-35-16-20-11-12-21(17-35)37(20)33(38)24-10-6-9-23-29(24)27-15-25-28(41-2)14-13-22(19-7-4-3-5-8-19)32(25)36(27)18-26-30(23)31(26)34(39)40/h6,9,13-15,19-21,24,29H,3-5,7-8,10-12,16-18H2,1-2H3,(H,39,40)/t20?,21?,24-,29?/m1/s1. The molecule has 4 atom stereocenters. The van der Waals surface area contributed by atoms with Crippen molar-refractivity contribution >= 4 is 22.8 Å². The van der Waals surface area contributed by atoms with Gasteiger partial charge in [0.1, 0.15) is 5.75 Å². The van der Waals surface area contributed by atoms with Crippen molar-refractivity contribution in [2.45, 2.75) is 81.8 Å². The van der Waals surface area contributed by atoms with Crippen molar-refractivity contribution in [3.05, 3.63) is 63.9 Å². The number of hydrogen-bond acceptors (Lipinski definition) is 4. The van der Waals surface area contributed by atoms with Gasteiger partial charge in [0.2, 0.25) is 5.91 Å². The van der Waals surface area contributed by atoms with Crippen LogP contribution in [0.3, 0.4) is 0 Å². The highest BCUT2D eigenvalue weighted by atomic mass is 16.5. The summed E-state index contributed by atoms with van der Waals surface area (Å²) in [5.41, 5.74) is 6.94. The molecule has 7 nitrogen and oxygen atoms in total. The van der Waals surface area contributed by atoms with Crippen LogP contribution in [0.2, 0.25) is 0 Å². The summed E-state index contributed by atoms with van der Waals surface area (Å²) < 4.78 is 8.28. The molecule has 41 heavy (non-hydrogen) atoms. The SMILES string of the molecule is COc1ccc(C2CCCCC2)c2c1cc1n2CC2=C(C(=O)O)C2=C2C=CC[C@@H](C(=O)N3C4CCC3CN(C)C4)C21. The van der Waals surface area contributed by atoms with E-state index < -0.39 is 5.97 Å². The van der Waals surface area contributed by atoms with Gasteiger partial charge in [-0.15, -0.1) is 0 Å². The lowest BCUT2D eigenvalue weighted by molar-refractivity contribution is -0.141. The Bertz CT molecular complexity index is 1560. The van der Waals surface area contributed by atoms with Crippen LogP contribution >= 0.6 is 0 Å². The number of hydrogen-bond donors (Lipinski definition) is 1. The number of fused-ring (bicyclic) bond motifs is 8. The third kappa shape index (κ3) is 3.73. The zero-order valence-electron chi connectivity index (χ0n) is 24.1. The van der Waals surface area contributed by atoms with E-state index in [1.54, 1.807) is 7.11 Å². The van der Waals surface area contributed by atoms with Gasteiger partial charge in [0, 0.05) is 48.7 Å². The molecule has 3 aliphatic heterocycles. The number of carboxylic acid groups (broad SMARTS) is 1. The first-order valence-corrected chi connectivity index (χ1v) is 15.5. The van der Waals surface area contributed by atoms with Gasteiger partial charge in [0.05, 0.1) is 24.1 Å². The van der Waals surface area contributed by atoms with Crippen LogP contribution in [0.4, 0.5) is 0 Å². The lowest BCUT2D eigenvalue weighted by Crippen LogP contribution is -2.56. The van der Waals surface area contributed by atoms with E-state index in [1.165, 1.54) is 43.2 Å². The van der Waals surface area contributed by atoms with Gasteiger partial charge < -0.3 is 24.2 Å². The highest BCUT2D eigenvalue weighted by molar-refractivity contribution is 6.05. The molecule has 3 aliphatic carbocycles. The van der Waals surface area contributed by atoms with Crippen LogP contribution in [-0.2, 0) is 16.1 Å². The Labute approximate surface area is 241 Å². The molecule has 1 amide bonds. The Balaban J connectivity index is 1.31. The Morgan fingerprint density at radius 3 is 2.49 bits per heavy atom. The molecule has 4 heterocycles. The Kier molecular flexibility index (Phi) is 5.79. The summed E-state index contributed by atoms with van der Waals surface area (Å²) in [6.45, 7) is 2.40. The average Bonchev–Trinajstić information content (AvgIpc) is 3.52. The zero-order chi connectivity index (χ0) is 28.0. The lowest BCUT2D eigenvalue weighted by atomic mass is 9.75. The van der Waals surface area contributed by atoms with Gasteiger partial charge >= 0.3 is 5.97 Å². The number of aromatic nitrogens is 1. The lowest BCUT2D eigenvalue weighted by Gasteiger charge is -2.43. The average molecular weight is 554 g/mol. The molecule has 7 heteroatoms. The van der Waals surface area contributed by atoms with Gasteiger partial charge in [0.15, 0.2) is 0 Å². The highest BCUT2D eigenvalue weighted by Gasteiger charge is 2.50. The molecule has 1 aromatic carbocycles. The monoisotopic (exact) mass is 553 g/mol. The summed E-state index contributed by atoms with van der Waals surface area (Å²) >= 11 is 0. The van der Waals surface area contributed by atoms with Gasteiger partial charge in [-0.05, 0) is 79.5 Å². The molecule has 3 unspecified atom stereocenters. The van der Waals surface area contributed by atoms with Gasteiger partial charge in [0.25, 0.3) is 0 Å². The Morgan fingerprint density at radius 2 is 1.78 bits per heavy atom. The van der Waals surface area contributed by atoms with Crippen molar-refractivity contribution in [3.63, 3.8) is 0 Å². The maximum Gasteiger partial charge on any atom is 0.336 e. The maximum atomic E-state index is 14.6. The molecule has 1 aromatic heterocycles. The minimum absolute atomic E-state index is 0.174. The summed E-state index contributed by atoms with van der Waals surface area (Å²) in [7, 11) is 3.89. The van der Waals surface area contributed by atoms with Gasteiger partial charge in [-0.3, -0.25) is 4.79 Å². The molecule has 214 valence electrons. The molecular weight excluding hydrogens is 514 g/mol. The summed E-state index contributed by atoms with van der Waals surface area (Å²) in [5, 5.41) is 11.3. The van der Waals surface area contributed by atoms with E-state index in [-0.39, 0.29) is 29.8 Å². The number of carbonyl (C=O) groups excluding carboxylic acids is 1. The fourth-order valence-electron chi connectivity index (χ4n) is 9.16. The van der Waals surface area contributed by atoms with Crippen molar-refractivity contribution in [2.75, 3.05) is 27.2 Å². The highest BCUT2D eigenvalue weighted by Crippen LogP contribution is 2.55. The predicted molar refractivity (Wildman–Crippen MR) is 157 cm³/mol. The molecule has 1 saturated carbocycles. The van der Waals surface area contributed by atoms with Crippen LogP contribution in [0.15, 0.2) is 52.6 Å². The largest absolute Gasteiger partial charge is 0.496 e. The third-order valence-corrected chi connectivity index (χ3v) is 10.9. The van der Waals surface area contributed by atoms with E-state index >= 15 is 0 Å². The van der Waals surface area contributed by atoms with Crippen LogP contribution in [0.5, 0.6) is 5.75 Å². The number of amides is 1. The first-order chi connectivity index (χ1) is 20.0. The molecule has 1 N–H and O–H groups in total. The number of benzene rings is 1. The minimum Gasteiger partial charge on any atom is -0.496 e. The first kappa shape index (κ1) is 25.4. The Morgan fingerprint density at radius 1 is 1.02 bits per heavy atom. The Hall–Kier alpha value is -3.32. The number of allylic oxidation sites excluding steroid dienone is 4. The first-order valence-electron chi connectivity index (χ1n) is 15.5. The fourth-order valence-corrected chi connectivity index (χ4v) is 9.16. The van der Waals surface area contributed by atoms with Crippen LogP contribution in [0, 0.1) is 5.92 Å². The second kappa shape index (κ2) is 9.35. The quantitative estimate of drug-likeness (QED) is 0.551. The van der Waals surface area contributed by atoms with Crippen LogP contribution in [0.1, 0.15) is 74.5 Å². The summed E-state index contributed by atoms with van der Waals surface area (Å²) in [5.74, 6) is 0.312. The van der Waals surface area contributed by atoms with E-state index in [2.05, 4.69) is 51.8 Å². The number of carbonyl (C=O) groups is 2. The molecular formula is C34H39N3O4. The van der Waals surface area contributed by atoms with E-state index in [0.29, 0.717) is 24.5 Å². The van der Waals surface area contributed by atoms with E-state index in [0.717, 1.165) is 59.5 Å². The van der Waals surface area contributed by atoms with Crippen LogP contribution < -0.4 is 4.74 Å². The van der Waals surface area contributed by atoms with Crippen molar-refractivity contribution in [3.8, 4) is 5.75 Å². The van der Waals surface area contributed by atoms with Gasteiger partial charge in [-0.1, -0.05) is 37.5 Å². The van der Waals surface area contributed by atoms with Crippen molar-refractivity contribution in [1.82, 2.24) is 14.4 Å². The second-order valence-electron chi connectivity index (χ2n) is 13.2. The normalized spacial score (nSPS) is 29.4. The van der Waals surface area contributed by atoms with E-state index in [1.807, 2.05) is 0 Å². The topological polar surface area (TPSA) is 75.0 Å². The molecule has 0 spiro atoms. The minimum atomic E-state index is -0.856. The van der Waals surface area contributed by atoms with Crippen LogP contribution in [0.25, 0.3) is 10.9 Å². The zero-order valence-corrected chi connectivity index (χ0v) is 24.1. The predicted octanol–water partition coefficient (Wildman–Crippen LogP) is 5.37. The maximum absolute atomic E-state index is 14.6. The summed E-state index contributed by atoms with van der Waals surface area (Å²) in [6.07, 6.45) is 13.2. The molecule has 2 aromatic rings.